The normalized spacial score (nSPS) is 11.2. The fraction of sp³-hybridized carbons (Fsp3) is 0.857. The van der Waals surface area contributed by atoms with Crippen molar-refractivity contribution in [1.82, 2.24) is 10.2 Å². The smallest absolute Gasteiger partial charge is 0.323 e. The third-order valence-corrected chi connectivity index (χ3v) is 3.60. The topological polar surface area (TPSA) is 69.6 Å². The molecule has 0 radical (unpaired) electrons. The number of rotatable bonds is 9. The van der Waals surface area contributed by atoms with Crippen molar-refractivity contribution in [3.8, 4) is 0 Å². The van der Waals surface area contributed by atoms with Crippen LogP contribution in [0.1, 0.15) is 46.5 Å². The summed E-state index contributed by atoms with van der Waals surface area (Å²) in [6.07, 6.45) is 6.52. The Hall–Kier alpha value is -0.910. The number of carbonyl (C=O) groups is 2. The fourth-order valence-corrected chi connectivity index (χ4v) is 2.26. The van der Waals surface area contributed by atoms with Gasteiger partial charge in [-0.3, -0.25) is 4.79 Å². The summed E-state index contributed by atoms with van der Waals surface area (Å²) >= 11 is 1.85. The first kappa shape index (κ1) is 19.1. The highest BCUT2D eigenvalue weighted by Crippen LogP contribution is 2.13. The van der Waals surface area contributed by atoms with Crippen LogP contribution in [0.15, 0.2) is 0 Å². The predicted molar refractivity (Wildman–Crippen MR) is 84.3 cm³/mol. The highest BCUT2D eigenvalue weighted by molar-refractivity contribution is 7.98. The number of hydrogen-bond donors (Lipinski definition) is 2. The van der Waals surface area contributed by atoms with Crippen molar-refractivity contribution in [3.63, 3.8) is 0 Å². The van der Waals surface area contributed by atoms with Gasteiger partial charge in [-0.15, -0.1) is 0 Å². The molecule has 0 saturated heterocycles. The number of hydrogen-bond acceptors (Lipinski definition) is 3. The van der Waals surface area contributed by atoms with Crippen LogP contribution in [0.2, 0.25) is 0 Å². The third-order valence-electron chi connectivity index (χ3n) is 2.90. The molecular weight excluding hydrogens is 276 g/mol. The van der Waals surface area contributed by atoms with Crippen LogP contribution >= 0.6 is 11.8 Å². The van der Waals surface area contributed by atoms with Crippen LogP contribution in [0.25, 0.3) is 0 Å². The zero-order valence-corrected chi connectivity index (χ0v) is 13.9. The minimum atomic E-state index is -0.993. The van der Waals surface area contributed by atoms with E-state index in [4.69, 9.17) is 5.11 Å². The van der Waals surface area contributed by atoms with E-state index in [0.29, 0.717) is 6.54 Å². The molecule has 0 heterocycles. The molecule has 0 aliphatic heterocycles. The maximum absolute atomic E-state index is 12.0. The van der Waals surface area contributed by atoms with Crippen LogP contribution in [0, 0.1) is 0 Å². The molecule has 0 atom stereocenters. The number of carbonyl (C=O) groups excluding carboxylic acids is 1. The van der Waals surface area contributed by atoms with Gasteiger partial charge in [0.15, 0.2) is 0 Å². The Balaban J connectivity index is 3.99. The van der Waals surface area contributed by atoms with Gasteiger partial charge in [0, 0.05) is 12.1 Å². The quantitative estimate of drug-likeness (QED) is 0.643. The molecule has 0 rings (SSSR count). The Morgan fingerprint density at radius 3 is 2.25 bits per heavy atom. The average Bonchev–Trinajstić information content (AvgIpc) is 2.33. The van der Waals surface area contributed by atoms with E-state index >= 15 is 0 Å². The minimum Gasteiger partial charge on any atom is -0.480 e. The standard InChI is InChI=1S/C14H28N2O3S/c1-14(2,3)16(11-12(17)18)13(19)15-9-7-5-6-8-10-20-4/h5-11H2,1-4H3,(H,15,19)(H,17,18). The Labute approximate surface area is 126 Å². The van der Waals surface area contributed by atoms with E-state index in [2.05, 4.69) is 11.6 Å². The van der Waals surface area contributed by atoms with Gasteiger partial charge >= 0.3 is 12.0 Å². The van der Waals surface area contributed by atoms with E-state index in [0.717, 1.165) is 12.8 Å². The van der Waals surface area contributed by atoms with Crippen molar-refractivity contribution >= 4 is 23.8 Å². The highest BCUT2D eigenvalue weighted by atomic mass is 32.2. The lowest BCUT2D eigenvalue weighted by atomic mass is 10.1. The number of nitrogens with one attached hydrogen (secondary N) is 1. The number of amides is 2. The second kappa shape index (κ2) is 9.91. The molecule has 0 fully saturated rings. The molecule has 0 aromatic rings. The first-order valence-electron chi connectivity index (χ1n) is 7.05. The monoisotopic (exact) mass is 304 g/mol. The Kier molecular flexibility index (Phi) is 9.46. The van der Waals surface area contributed by atoms with Gasteiger partial charge < -0.3 is 15.3 Å². The molecule has 20 heavy (non-hydrogen) atoms. The zero-order chi connectivity index (χ0) is 15.6. The molecule has 2 N–H and O–H groups in total. The van der Waals surface area contributed by atoms with Gasteiger partial charge in [-0.05, 0) is 45.6 Å². The van der Waals surface area contributed by atoms with E-state index in [1.54, 1.807) is 0 Å². The Morgan fingerprint density at radius 1 is 1.15 bits per heavy atom. The van der Waals surface area contributed by atoms with Gasteiger partial charge in [-0.2, -0.15) is 11.8 Å². The first-order chi connectivity index (χ1) is 9.29. The van der Waals surface area contributed by atoms with E-state index in [9.17, 15) is 9.59 Å². The lowest BCUT2D eigenvalue weighted by Crippen LogP contribution is -2.52. The summed E-state index contributed by atoms with van der Waals surface area (Å²) in [6.45, 7) is 5.82. The molecular formula is C14H28N2O3S. The van der Waals surface area contributed by atoms with E-state index in [-0.39, 0.29) is 12.6 Å². The summed E-state index contributed by atoms with van der Waals surface area (Å²) in [5, 5.41) is 11.7. The van der Waals surface area contributed by atoms with Gasteiger partial charge in [0.1, 0.15) is 6.54 Å². The molecule has 0 aromatic heterocycles. The first-order valence-corrected chi connectivity index (χ1v) is 8.44. The molecule has 0 unspecified atom stereocenters. The summed E-state index contributed by atoms with van der Waals surface area (Å²) in [5.41, 5.74) is -0.499. The number of carboxylic acids is 1. The summed E-state index contributed by atoms with van der Waals surface area (Å²) in [4.78, 5) is 24.2. The van der Waals surface area contributed by atoms with Gasteiger partial charge in [0.05, 0.1) is 0 Å². The lowest BCUT2D eigenvalue weighted by molar-refractivity contribution is -0.138. The zero-order valence-electron chi connectivity index (χ0n) is 13.1. The number of aliphatic carboxylic acids is 1. The number of unbranched alkanes of at least 4 members (excludes halogenated alkanes) is 3. The van der Waals surface area contributed by atoms with Crippen molar-refractivity contribution in [2.75, 3.05) is 25.1 Å². The van der Waals surface area contributed by atoms with E-state index in [1.165, 1.54) is 23.5 Å². The maximum Gasteiger partial charge on any atom is 0.323 e. The van der Waals surface area contributed by atoms with Crippen molar-refractivity contribution in [2.24, 2.45) is 0 Å². The molecule has 0 aliphatic carbocycles. The summed E-state index contributed by atoms with van der Waals surface area (Å²) in [6, 6.07) is -0.302. The number of nitrogens with zero attached hydrogens (tertiary/aromatic N) is 1. The van der Waals surface area contributed by atoms with Gasteiger partial charge in [-0.25, -0.2) is 4.79 Å². The van der Waals surface area contributed by atoms with Gasteiger partial charge in [-0.1, -0.05) is 12.8 Å². The molecule has 0 aromatic carbocycles. The second-order valence-corrected chi connectivity index (χ2v) is 6.78. The molecule has 5 nitrogen and oxygen atoms in total. The minimum absolute atomic E-state index is 0.275. The number of urea groups is 1. The summed E-state index contributed by atoms with van der Waals surface area (Å²) in [7, 11) is 0. The van der Waals surface area contributed by atoms with Crippen molar-refractivity contribution in [2.45, 2.75) is 52.0 Å². The molecule has 6 heteroatoms. The van der Waals surface area contributed by atoms with Crippen molar-refractivity contribution < 1.29 is 14.7 Å². The van der Waals surface area contributed by atoms with Crippen LogP contribution < -0.4 is 5.32 Å². The molecule has 2 amide bonds. The van der Waals surface area contributed by atoms with E-state index < -0.39 is 11.5 Å². The molecule has 0 aliphatic rings. The number of thioether (sulfide) groups is 1. The second-order valence-electron chi connectivity index (χ2n) is 5.79. The maximum atomic E-state index is 12.0. The third kappa shape index (κ3) is 9.07. The molecule has 0 saturated carbocycles. The molecule has 0 spiro atoms. The summed E-state index contributed by atoms with van der Waals surface area (Å²) in [5.74, 6) is 0.190. The largest absolute Gasteiger partial charge is 0.480 e. The van der Waals surface area contributed by atoms with Crippen molar-refractivity contribution in [1.29, 1.82) is 0 Å². The highest BCUT2D eigenvalue weighted by Gasteiger charge is 2.27. The lowest BCUT2D eigenvalue weighted by Gasteiger charge is -2.34. The summed E-state index contributed by atoms with van der Waals surface area (Å²) < 4.78 is 0. The van der Waals surface area contributed by atoms with Gasteiger partial charge in [0.2, 0.25) is 0 Å². The average molecular weight is 304 g/mol. The fourth-order valence-electron chi connectivity index (χ4n) is 1.76. The molecule has 118 valence electrons. The Bertz CT molecular complexity index is 303. The molecule has 0 bridgehead atoms. The number of carboxylic acid groups (broad SMARTS) is 1. The van der Waals surface area contributed by atoms with Crippen LogP contribution in [0.3, 0.4) is 0 Å². The van der Waals surface area contributed by atoms with E-state index in [1.807, 2.05) is 32.5 Å². The van der Waals surface area contributed by atoms with Crippen LogP contribution in [0.4, 0.5) is 4.79 Å². The van der Waals surface area contributed by atoms with Crippen LogP contribution in [0.5, 0.6) is 0 Å². The SMILES string of the molecule is CSCCCCCCNC(=O)N(CC(=O)O)C(C)(C)C. The van der Waals surface area contributed by atoms with Gasteiger partial charge in [0.25, 0.3) is 0 Å². The van der Waals surface area contributed by atoms with Crippen molar-refractivity contribution in [3.05, 3.63) is 0 Å². The predicted octanol–water partition coefficient (Wildman–Crippen LogP) is 2.80. The Morgan fingerprint density at radius 2 is 1.75 bits per heavy atom. The van der Waals surface area contributed by atoms with Crippen LogP contribution in [-0.2, 0) is 4.79 Å². The van der Waals surface area contributed by atoms with Crippen LogP contribution in [-0.4, -0.2) is 52.6 Å².